The fraction of sp³-hybridized carbons (Fsp3) is 0.333. The number of amides is 2. The molecule has 2 aliphatic rings. The van der Waals surface area contributed by atoms with Crippen LogP contribution in [0.15, 0.2) is 54.9 Å². The quantitative estimate of drug-likeness (QED) is 0.345. The van der Waals surface area contributed by atoms with Crippen molar-refractivity contribution in [3.05, 3.63) is 77.5 Å². The number of hydrogen-bond acceptors (Lipinski definition) is 6. The molecule has 2 aromatic carbocycles. The molecule has 6 rings (SSSR count). The highest BCUT2D eigenvalue weighted by atomic mass is 19.1. The van der Waals surface area contributed by atoms with Gasteiger partial charge in [0, 0.05) is 42.3 Å². The Kier molecular flexibility index (Phi) is 6.55. The number of aryl methyl sites for hydroxylation is 1. The summed E-state index contributed by atoms with van der Waals surface area (Å²) in [5, 5.41) is 4.78. The normalized spacial score (nSPS) is 16.5. The summed E-state index contributed by atoms with van der Waals surface area (Å²) in [4.78, 5) is 33.1. The van der Waals surface area contributed by atoms with Crippen molar-refractivity contribution in [2.45, 2.75) is 44.4 Å². The first-order chi connectivity index (χ1) is 19.8. The topological polar surface area (TPSA) is 89.8 Å². The zero-order valence-corrected chi connectivity index (χ0v) is 24.6. The van der Waals surface area contributed by atoms with Gasteiger partial charge in [-0.2, -0.15) is 5.10 Å². The maximum atomic E-state index is 15.6. The van der Waals surface area contributed by atoms with Gasteiger partial charge in [-0.3, -0.25) is 14.5 Å². The molecule has 2 aromatic heterocycles. The van der Waals surface area contributed by atoms with Crippen LogP contribution in [0.4, 0.5) is 9.18 Å². The van der Waals surface area contributed by atoms with E-state index in [-0.39, 0.29) is 24.6 Å². The molecule has 0 N–H and O–H groups in total. The Hall–Kier alpha value is -4.34. The highest BCUT2D eigenvalue weighted by Gasteiger charge is 2.43. The molecule has 42 heavy (non-hydrogen) atoms. The number of pyridine rings is 1. The number of nitrogens with zero attached hydrogens (tertiary/aromatic N) is 5. The summed E-state index contributed by atoms with van der Waals surface area (Å²) in [6.07, 6.45) is 3.02. The maximum absolute atomic E-state index is 15.6. The minimum atomic E-state index is -0.652. The maximum Gasteiger partial charge on any atom is 0.410 e. The molecule has 2 amide bonds. The molecule has 1 fully saturated rings. The van der Waals surface area contributed by atoms with Gasteiger partial charge in [0.2, 0.25) is 0 Å². The third-order valence-corrected chi connectivity index (χ3v) is 7.78. The Bertz CT molecular complexity index is 1730. The fourth-order valence-corrected chi connectivity index (χ4v) is 5.59. The van der Waals surface area contributed by atoms with Gasteiger partial charge in [-0.15, -0.1) is 0 Å². The van der Waals surface area contributed by atoms with Crippen LogP contribution in [0.5, 0.6) is 5.75 Å². The first-order valence-electron chi connectivity index (χ1n) is 14.0. The summed E-state index contributed by atoms with van der Waals surface area (Å²) in [6, 6.07) is 12.3. The van der Waals surface area contributed by atoms with Crippen LogP contribution in [0.2, 0.25) is 0 Å². The molecule has 1 saturated heterocycles. The second-order valence-electron chi connectivity index (χ2n) is 12.5. The van der Waals surface area contributed by atoms with Crippen LogP contribution in [-0.4, -0.2) is 77.1 Å². The Balaban J connectivity index is 1.21. The molecular formula is C30H32B2FN5O4. The van der Waals surface area contributed by atoms with Crippen LogP contribution in [0.3, 0.4) is 0 Å². The number of carbonyl (C=O) groups is 2. The Morgan fingerprint density at radius 2 is 1.90 bits per heavy atom. The molecule has 0 bridgehead atoms. The lowest BCUT2D eigenvalue weighted by Crippen LogP contribution is -2.57. The van der Waals surface area contributed by atoms with Gasteiger partial charge in [0.25, 0.3) is 5.91 Å². The van der Waals surface area contributed by atoms with Crippen molar-refractivity contribution in [1.82, 2.24) is 24.6 Å². The molecule has 4 heterocycles. The average Bonchev–Trinajstić information content (AvgIpc) is 3.37. The van der Waals surface area contributed by atoms with Crippen LogP contribution in [-0.2, 0) is 23.7 Å². The summed E-state index contributed by atoms with van der Waals surface area (Å²) >= 11 is 0. The molecule has 0 radical (unpaired) electrons. The smallest absolute Gasteiger partial charge is 0.410 e. The van der Waals surface area contributed by atoms with E-state index in [1.54, 1.807) is 38.9 Å². The van der Waals surface area contributed by atoms with E-state index >= 15 is 4.39 Å². The van der Waals surface area contributed by atoms with E-state index < -0.39 is 16.8 Å². The number of aromatic nitrogens is 3. The largest absolute Gasteiger partial charge is 0.484 e. The van der Waals surface area contributed by atoms with Crippen molar-refractivity contribution in [3.63, 3.8) is 0 Å². The van der Waals surface area contributed by atoms with Crippen molar-refractivity contribution in [3.8, 4) is 16.9 Å². The summed E-state index contributed by atoms with van der Waals surface area (Å²) in [6.45, 7) is 6.49. The van der Waals surface area contributed by atoms with E-state index in [0.717, 1.165) is 10.9 Å². The van der Waals surface area contributed by atoms with Crippen LogP contribution in [0.1, 0.15) is 42.4 Å². The van der Waals surface area contributed by atoms with Gasteiger partial charge in [-0.25, -0.2) is 9.18 Å². The highest BCUT2D eigenvalue weighted by Crippen LogP contribution is 2.37. The first kappa shape index (κ1) is 27.8. The second kappa shape index (κ2) is 9.89. The van der Waals surface area contributed by atoms with Gasteiger partial charge < -0.3 is 19.3 Å². The van der Waals surface area contributed by atoms with Crippen molar-refractivity contribution in [2.24, 2.45) is 7.05 Å². The molecule has 214 valence electrons. The van der Waals surface area contributed by atoms with Crippen molar-refractivity contribution < 1.29 is 23.5 Å². The minimum absolute atomic E-state index is 0.130. The number of halogens is 1. The van der Waals surface area contributed by atoms with Gasteiger partial charge in [0.05, 0.1) is 24.3 Å². The van der Waals surface area contributed by atoms with Crippen molar-refractivity contribution in [1.29, 1.82) is 0 Å². The number of hydrogen-bond donors (Lipinski definition) is 0. The van der Waals surface area contributed by atoms with Crippen LogP contribution in [0.25, 0.3) is 22.0 Å². The lowest BCUT2D eigenvalue weighted by Gasteiger charge is -2.39. The number of fused-ring (bicyclic) bond motifs is 2. The van der Waals surface area contributed by atoms with E-state index in [1.807, 2.05) is 67.9 Å². The monoisotopic (exact) mass is 567 g/mol. The van der Waals surface area contributed by atoms with E-state index in [9.17, 15) is 9.59 Å². The average molecular weight is 567 g/mol. The van der Waals surface area contributed by atoms with E-state index in [4.69, 9.17) is 9.47 Å². The van der Waals surface area contributed by atoms with E-state index in [0.29, 0.717) is 46.7 Å². The number of ether oxygens (including phenoxy) is 2. The SMILES string of the molecule is BC1(B)c2ncccc2C(=O)N1Cc1ccc(-c2ccc(OC3CN(C(=O)OC(C)(C)C)C3)c3nn(C)cc23)cc1F. The molecule has 2 aliphatic heterocycles. The molecule has 0 saturated carbocycles. The molecule has 9 nitrogen and oxygen atoms in total. The molecule has 0 unspecified atom stereocenters. The van der Waals surface area contributed by atoms with E-state index in [1.165, 1.54) is 6.07 Å². The number of rotatable bonds is 5. The highest BCUT2D eigenvalue weighted by molar-refractivity contribution is 6.42. The fourth-order valence-electron chi connectivity index (χ4n) is 5.59. The summed E-state index contributed by atoms with van der Waals surface area (Å²) < 4.78 is 28.9. The van der Waals surface area contributed by atoms with E-state index in [2.05, 4.69) is 10.1 Å². The Morgan fingerprint density at radius 1 is 1.14 bits per heavy atom. The minimum Gasteiger partial charge on any atom is -0.484 e. The summed E-state index contributed by atoms with van der Waals surface area (Å²) in [5.41, 5.74) is 3.29. The standard InChI is InChI=1S/C30H32B2FN5O4/c1-29(2,3)42-28(40)37-14-19(15-37)41-24-10-9-20(22-16-36(4)35-25(22)24)17-7-8-18(23(33)12-17)13-38-27(39)21-6-5-11-34-26(21)30(38,31)32/h5-12,16,19H,13-15,31-32H2,1-4H3. The Labute approximate surface area is 245 Å². The zero-order chi connectivity index (χ0) is 30.0. The van der Waals surface area contributed by atoms with Gasteiger partial charge >= 0.3 is 6.09 Å². The van der Waals surface area contributed by atoms with Crippen LogP contribution >= 0.6 is 0 Å². The van der Waals surface area contributed by atoms with Gasteiger partial charge in [-0.05, 0) is 62.2 Å². The molecule has 0 atom stereocenters. The van der Waals surface area contributed by atoms with Gasteiger partial charge in [0.15, 0.2) is 0 Å². The Morgan fingerprint density at radius 3 is 2.60 bits per heavy atom. The molecule has 0 aliphatic carbocycles. The van der Waals surface area contributed by atoms with Gasteiger partial charge in [0.1, 0.15) is 44.5 Å². The molecule has 4 aromatic rings. The molecule has 12 heteroatoms. The van der Waals surface area contributed by atoms with Crippen LogP contribution < -0.4 is 4.74 Å². The summed E-state index contributed by atoms with van der Waals surface area (Å²) in [5.74, 6) is 0.0530. The third kappa shape index (κ3) is 4.88. The number of likely N-dealkylation sites (tertiary alicyclic amines) is 1. The third-order valence-electron chi connectivity index (χ3n) is 7.78. The van der Waals surface area contributed by atoms with Crippen molar-refractivity contribution >= 4 is 38.6 Å². The van der Waals surface area contributed by atoms with Gasteiger partial charge in [-0.1, -0.05) is 12.1 Å². The lowest BCUT2D eigenvalue weighted by molar-refractivity contribution is -0.0218. The summed E-state index contributed by atoms with van der Waals surface area (Å²) in [7, 11) is 5.68. The zero-order valence-electron chi connectivity index (χ0n) is 24.6. The predicted molar refractivity (Wildman–Crippen MR) is 161 cm³/mol. The molecular weight excluding hydrogens is 535 g/mol. The first-order valence-corrected chi connectivity index (χ1v) is 14.0. The number of carbonyl (C=O) groups excluding carboxylic acids is 2. The predicted octanol–water partition coefficient (Wildman–Crippen LogP) is 2.81. The second-order valence-corrected chi connectivity index (χ2v) is 12.5. The van der Waals surface area contributed by atoms with Crippen molar-refractivity contribution in [2.75, 3.05) is 13.1 Å². The van der Waals surface area contributed by atoms with Crippen LogP contribution in [0, 0.1) is 5.82 Å². The molecule has 0 spiro atoms. The number of benzene rings is 2. The lowest BCUT2D eigenvalue weighted by atomic mass is 9.59.